The van der Waals surface area contributed by atoms with Crippen LogP contribution in [0.2, 0.25) is 0 Å². The number of nitrogens with one attached hydrogen (secondary N) is 1. The van der Waals surface area contributed by atoms with Crippen LogP contribution in [0.3, 0.4) is 0 Å². The van der Waals surface area contributed by atoms with Crippen LogP contribution in [0, 0.1) is 0 Å². The zero-order valence-corrected chi connectivity index (χ0v) is 17.7. The van der Waals surface area contributed by atoms with Crippen molar-refractivity contribution < 1.29 is 18.9 Å². The van der Waals surface area contributed by atoms with Crippen LogP contribution in [0.4, 0.5) is 0 Å². The molecule has 0 fully saturated rings. The van der Waals surface area contributed by atoms with Gasteiger partial charge in [-0.15, -0.1) is 0 Å². The summed E-state index contributed by atoms with van der Waals surface area (Å²) in [5, 5.41) is 3.53. The fourth-order valence-electron chi connectivity index (χ4n) is 3.55. The van der Waals surface area contributed by atoms with E-state index in [9.17, 15) is 0 Å². The molecule has 2 unspecified atom stereocenters. The van der Waals surface area contributed by atoms with Gasteiger partial charge in [0.1, 0.15) is 6.10 Å². The molecule has 0 radical (unpaired) electrons. The molecule has 2 aromatic carbocycles. The van der Waals surface area contributed by atoms with E-state index < -0.39 is 0 Å². The molecule has 1 aliphatic rings. The average Bonchev–Trinajstić information content (AvgIpc) is 2.73. The molecule has 5 nitrogen and oxygen atoms in total. The highest BCUT2D eigenvalue weighted by Gasteiger charge is 2.34. The van der Waals surface area contributed by atoms with E-state index in [1.54, 1.807) is 0 Å². The third-order valence-corrected chi connectivity index (χ3v) is 4.69. The van der Waals surface area contributed by atoms with E-state index in [0.29, 0.717) is 26.4 Å². The number of ether oxygens (including phenoxy) is 4. The minimum absolute atomic E-state index is 0.238. The van der Waals surface area contributed by atoms with Gasteiger partial charge in [-0.3, -0.25) is 0 Å². The predicted molar refractivity (Wildman–Crippen MR) is 116 cm³/mol. The minimum atomic E-state index is -0.283. The molecular weight excluding hydrogens is 366 g/mol. The third kappa shape index (κ3) is 4.92. The van der Waals surface area contributed by atoms with E-state index in [1.807, 2.05) is 58.0 Å². The van der Waals surface area contributed by atoms with Gasteiger partial charge in [-0.05, 0) is 57.0 Å². The second kappa shape index (κ2) is 10.3. The molecule has 1 N–H and O–H groups in total. The topological polar surface area (TPSA) is 49.0 Å². The van der Waals surface area contributed by atoms with Gasteiger partial charge in [0.2, 0.25) is 0 Å². The molecular formula is C24H31NO4. The average molecular weight is 398 g/mol. The van der Waals surface area contributed by atoms with Crippen molar-refractivity contribution in [2.75, 3.05) is 26.4 Å². The Morgan fingerprint density at radius 3 is 2.10 bits per heavy atom. The molecule has 5 heteroatoms. The van der Waals surface area contributed by atoms with Crippen LogP contribution >= 0.6 is 0 Å². The van der Waals surface area contributed by atoms with E-state index in [0.717, 1.165) is 33.9 Å². The molecule has 0 aromatic heterocycles. The van der Waals surface area contributed by atoms with Crippen LogP contribution in [0.25, 0.3) is 11.8 Å². The second-order valence-corrected chi connectivity index (χ2v) is 6.62. The van der Waals surface area contributed by atoms with Gasteiger partial charge in [0.25, 0.3) is 0 Å². The number of benzene rings is 2. The fraction of sp³-hybridized carbons (Fsp3) is 0.417. The molecule has 3 rings (SSSR count). The lowest BCUT2D eigenvalue weighted by atomic mass is 9.92. The Hall–Kier alpha value is -2.50. The lowest BCUT2D eigenvalue weighted by Crippen LogP contribution is -2.41. The quantitative estimate of drug-likeness (QED) is 0.643. The van der Waals surface area contributed by atoms with Crippen LogP contribution in [-0.4, -0.2) is 32.7 Å². The van der Waals surface area contributed by atoms with Crippen LogP contribution in [0.15, 0.2) is 42.5 Å². The minimum Gasteiger partial charge on any atom is -0.490 e. The van der Waals surface area contributed by atoms with Gasteiger partial charge in [-0.2, -0.15) is 0 Å². The lowest BCUT2D eigenvalue weighted by Gasteiger charge is -2.36. The fourth-order valence-corrected chi connectivity index (χ4v) is 3.55. The van der Waals surface area contributed by atoms with Crippen molar-refractivity contribution in [1.82, 2.24) is 5.32 Å². The monoisotopic (exact) mass is 397 g/mol. The molecule has 1 heterocycles. The first-order valence-electron chi connectivity index (χ1n) is 10.4. The van der Waals surface area contributed by atoms with E-state index in [-0.39, 0.29) is 12.3 Å². The highest BCUT2D eigenvalue weighted by Crippen LogP contribution is 2.42. The molecule has 1 aliphatic heterocycles. The maximum atomic E-state index is 6.09. The van der Waals surface area contributed by atoms with Crippen molar-refractivity contribution in [3.63, 3.8) is 0 Å². The first-order chi connectivity index (χ1) is 14.2. The maximum Gasteiger partial charge on any atom is 0.161 e. The summed E-state index contributed by atoms with van der Waals surface area (Å²) in [5.74, 6) is 1.47. The smallest absolute Gasteiger partial charge is 0.161 e. The second-order valence-electron chi connectivity index (χ2n) is 6.62. The molecule has 0 spiro atoms. The van der Waals surface area contributed by atoms with Crippen molar-refractivity contribution in [2.45, 2.75) is 40.0 Å². The molecule has 0 saturated carbocycles. The summed E-state index contributed by atoms with van der Waals surface area (Å²) in [6.45, 7) is 10.2. The van der Waals surface area contributed by atoms with Crippen LogP contribution in [-0.2, 0) is 9.47 Å². The maximum absolute atomic E-state index is 6.09. The van der Waals surface area contributed by atoms with Crippen molar-refractivity contribution in [3.05, 3.63) is 59.2 Å². The van der Waals surface area contributed by atoms with Crippen LogP contribution in [0.5, 0.6) is 11.5 Å². The molecule has 0 saturated heterocycles. The number of hydrogen-bond donors (Lipinski definition) is 1. The van der Waals surface area contributed by atoms with Crippen LogP contribution < -0.4 is 14.8 Å². The highest BCUT2D eigenvalue weighted by atomic mass is 16.5. The van der Waals surface area contributed by atoms with Gasteiger partial charge in [-0.1, -0.05) is 30.3 Å². The Labute approximate surface area is 173 Å². The number of fused-ring (bicyclic) bond motifs is 1. The summed E-state index contributed by atoms with van der Waals surface area (Å²) in [5.41, 5.74) is 4.16. The molecule has 2 atom stereocenters. The normalized spacial score (nSPS) is 19.5. The molecule has 0 aliphatic carbocycles. The summed E-state index contributed by atoms with van der Waals surface area (Å²) in [6.07, 6.45) is 1.61. The van der Waals surface area contributed by atoms with E-state index in [4.69, 9.17) is 18.9 Å². The van der Waals surface area contributed by atoms with Crippen molar-refractivity contribution in [3.8, 4) is 11.5 Å². The summed E-state index contributed by atoms with van der Waals surface area (Å²) >= 11 is 0. The molecule has 2 aromatic rings. The highest BCUT2D eigenvalue weighted by molar-refractivity contribution is 5.84. The van der Waals surface area contributed by atoms with Gasteiger partial charge in [0, 0.05) is 24.5 Å². The lowest BCUT2D eigenvalue weighted by molar-refractivity contribution is -0.0803. The number of hydrogen-bond acceptors (Lipinski definition) is 5. The zero-order valence-electron chi connectivity index (χ0n) is 17.7. The van der Waals surface area contributed by atoms with Crippen LogP contribution in [0.1, 0.15) is 50.5 Å². The first kappa shape index (κ1) is 21.2. The van der Waals surface area contributed by atoms with Crippen molar-refractivity contribution >= 4 is 11.8 Å². The Balaban J connectivity index is 2.16. The van der Waals surface area contributed by atoms with Gasteiger partial charge in [0.05, 0.1) is 13.2 Å². The summed E-state index contributed by atoms with van der Waals surface area (Å²) in [6, 6.07) is 14.3. The molecule has 0 bridgehead atoms. The SMILES string of the molecule is CCOc1cc2c(cc1OCC)C(OCC)C(OCC)NC2=Cc1ccccc1. The first-order valence-corrected chi connectivity index (χ1v) is 10.4. The van der Waals surface area contributed by atoms with Gasteiger partial charge in [-0.25, -0.2) is 0 Å². The predicted octanol–water partition coefficient (Wildman–Crippen LogP) is 5.03. The van der Waals surface area contributed by atoms with Gasteiger partial charge in [0.15, 0.2) is 17.7 Å². The van der Waals surface area contributed by atoms with Gasteiger partial charge >= 0.3 is 0 Å². The molecule has 0 amide bonds. The zero-order chi connectivity index (χ0) is 20.6. The summed E-state index contributed by atoms with van der Waals surface area (Å²) in [4.78, 5) is 0. The van der Waals surface area contributed by atoms with Crippen molar-refractivity contribution in [2.24, 2.45) is 0 Å². The summed E-state index contributed by atoms with van der Waals surface area (Å²) in [7, 11) is 0. The van der Waals surface area contributed by atoms with Crippen molar-refractivity contribution in [1.29, 1.82) is 0 Å². The Bertz CT molecular complexity index is 819. The van der Waals surface area contributed by atoms with E-state index >= 15 is 0 Å². The summed E-state index contributed by atoms with van der Waals surface area (Å²) < 4.78 is 23.8. The Morgan fingerprint density at radius 2 is 1.48 bits per heavy atom. The Kier molecular flexibility index (Phi) is 7.55. The molecule has 29 heavy (non-hydrogen) atoms. The third-order valence-electron chi connectivity index (χ3n) is 4.69. The van der Waals surface area contributed by atoms with E-state index in [1.165, 1.54) is 0 Å². The standard InChI is InChI=1S/C24H31NO4/c1-5-26-21-15-18-19(16-22(21)27-6-2)23(28-7-3)24(29-8-4)25-20(18)14-17-12-10-9-11-13-17/h9-16,23-25H,5-8H2,1-4H3. The number of rotatable bonds is 9. The van der Waals surface area contributed by atoms with E-state index in [2.05, 4.69) is 23.5 Å². The Morgan fingerprint density at radius 1 is 0.828 bits per heavy atom. The van der Waals surface area contributed by atoms with Gasteiger partial charge < -0.3 is 24.3 Å². The largest absolute Gasteiger partial charge is 0.490 e. The molecule has 156 valence electrons.